The van der Waals surface area contributed by atoms with Crippen LogP contribution in [0.5, 0.6) is 0 Å². The summed E-state index contributed by atoms with van der Waals surface area (Å²) in [4.78, 5) is 12.0. The average molecular weight is 340 g/mol. The zero-order valence-electron chi connectivity index (χ0n) is 16.1. The quantitative estimate of drug-likeness (QED) is 0.552. The molecule has 6 nitrogen and oxygen atoms in total. The fourth-order valence-electron chi connectivity index (χ4n) is 3.86. The minimum absolute atomic E-state index is 0.612. The summed E-state index contributed by atoms with van der Waals surface area (Å²) in [5.41, 5.74) is 0. The molecular weight excluding hydrogens is 302 g/mol. The summed E-state index contributed by atoms with van der Waals surface area (Å²) in [6.45, 7) is 17.3. The standard InChI is InChI=1S/C18H37N5O/c1-5-22(6-2)17-7-8-23(15-17)18(19-4)20-13-16(3)14-21-9-11-24-12-10-21/h16-17H,5-15H2,1-4H3,(H,19,20). The molecular formula is C18H37N5O. The molecule has 0 spiro atoms. The number of aliphatic imine (C=N–C) groups is 1. The van der Waals surface area contributed by atoms with Crippen molar-refractivity contribution in [2.75, 3.05) is 72.6 Å². The molecule has 0 aromatic heterocycles. The highest BCUT2D eigenvalue weighted by Crippen LogP contribution is 2.15. The van der Waals surface area contributed by atoms with Crippen LogP contribution in [-0.4, -0.2) is 99.3 Å². The Morgan fingerprint density at radius 3 is 2.58 bits per heavy atom. The first-order valence-corrected chi connectivity index (χ1v) is 9.67. The Hall–Kier alpha value is -0.850. The van der Waals surface area contributed by atoms with Crippen molar-refractivity contribution >= 4 is 5.96 Å². The van der Waals surface area contributed by atoms with Gasteiger partial charge in [-0.25, -0.2) is 0 Å². The molecule has 2 rings (SSSR count). The van der Waals surface area contributed by atoms with E-state index in [0.29, 0.717) is 12.0 Å². The largest absolute Gasteiger partial charge is 0.379 e. The predicted octanol–water partition coefficient (Wildman–Crippen LogP) is 0.946. The fourth-order valence-corrected chi connectivity index (χ4v) is 3.86. The third kappa shape index (κ3) is 5.60. The van der Waals surface area contributed by atoms with Gasteiger partial charge in [-0.05, 0) is 25.4 Å². The van der Waals surface area contributed by atoms with Gasteiger partial charge in [0.1, 0.15) is 0 Å². The van der Waals surface area contributed by atoms with Gasteiger partial charge in [0.25, 0.3) is 0 Å². The second kappa shape index (κ2) is 10.2. The number of guanidine groups is 1. The van der Waals surface area contributed by atoms with Crippen LogP contribution in [0.15, 0.2) is 4.99 Å². The summed E-state index contributed by atoms with van der Waals surface area (Å²) in [6.07, 6.45) is 1.24. The molecule has 0 aliphatic carbocycles. The fraction of sp³-hybridized carbons (Fsp3) is 0.944. The number of ether oxygens (including phenoxy) is 1. The van der Waals surface area contributed by atoms with E-state index in [1.54, 1.807) is 0 Å². The van der Waals surface area contributed by atoms with Crippen LogP contribution in [0, 0.1) is 5.92 Å². The normalized spacial score (nSPS) is 24.6. The van der Waals surface area contributed by atoms with Gasteiger partial charge in [-0.1, -0.05) is 20.8 Å². The summed E-state index contributed by atoms with van der Waals surface area (Å²) >= 11 is 0. The van der Waals surface area contributed by atoms with Crippen LogP contribution in [0.3, 0.4) is 0 Å². The van der Waals surface area contributed by atoms with Crippen molar-refractivity contribution < 1.29 is 4.74 Å². The summed E-state index contributed by atoms with van der Waals surface area (Å²) in [7, 11) is 1.90. The average Bonchev–Trinajstić information content (AvgIpc) is 3.07. The van der Waals surface area contributed by atoms with Gasteiger partial charge < -0.3 is 15.0 Å². The molecule has 0 aromatic carbocycles. The monoisotopic (exact) mass is 339 g/mol. The molecule has 0 saturated carbocycles. The van der Waals surface area contributed by atoms with E-state index in [2.05, 4.69) is 45.8 Å². The molecule has 6 heteroatoms. The smallest absolute Gasteiger partial charge is 0.193 e. The lowest BCUT2D eigenvalue weighted by Gasteiger charge is -2.30. The zero-order chi connectivity index (χ0) is 17.4. The second-order valence-corrected chi connectivity index (χ2v) is 7.06. The Kier molecular flexibility index (Phi) is 8.29. The second-order valence-electron chi connectivity index (χ2n) is 7.06. The van der Waals surface area contributed by atoms with Crippen molar-refractivity contribution in [3.05, 3.63) is 0 Å². The van der Waals surface area contributed by atoms with Crippen LogP contribution in [0.25, 0.3) is 0 Å². The number of likely N-dealkylation sites (N-methyl/N-ethyl adjacent to an activating group) is 1. The van der Waals surface area contributed by atoms with E-state index in [1.807, 2.05) is 7.05 Å². The van der Waals surface area contributed by atoms with Gasteiger partial charge in [0.05, 0.1) is 13.2 Å². The highest BCUT2D eigenvalue weighted by molar-refractivity contribution is 5.80. The maximum atomic E-state index is 5.43. The topological polar surface area (TPSA) is 43.3 Å². The molecule has 0 bridgehead atoms. The van der Waals surface area contributed by atoms with E-state index in [-0.39, 0.29) is 0 Å². The number of hydrogen-bond donors (Lipinski definition) is 1. The first-order valence-electron chi connectivity index (χ1n) is 9.67. The van der Waals surface area contributed by atoms with Crippen molar-refractivity contribution in [2.45, 2.75) is 33.2 Å². The molecule has 24 heavy (non-hydrogen) atoms. The van der Waals surface area contributed by atoms with E-state index in [9.17, 15) is 0 Å². The van der Waals surface area contributed by atoms with Gasteiger partial charge in [0, 0.05) is 52.4 Å². The lowest BCUT2D eigenvalue weighted by atomic mass is 10.1. The summed E-state index contributed by atoms with van der Waals surface area (Å²) in [5, 5.41) is 3.60. The van der Waals surface area contributed by atoms with Crippen molar-refractivity contribution in [1.29, 1.82) is 0 Å². The SMILES string of the molecule is CCN(CC)C1CCN(C(=NC)NCC(C)CN2CCOCC2)C1. The van der Waals surface area contributed by atoms with Crippen molar-refractivity contribution in [1.82, 2.24) is 20.0 Å². The number of nitrogens with zero attached hydrogens (tertiary/aromatic N) is 4. The number of nitrogens with one attached hydrogen (secondary N) is 1. The van der Waals surface area contributed by atoms with E-state index in [0.717, 1.165) is 71.5 Å². The van der Waals surface area contributed by atoms with E-state index in [4.69, 9.17) is 4.74 Å². The number of rotatable bonds is 7. The lowest BCUT2D eigenvalue weighted by Crippen LogP contribution is -2.46. The maximum Gasteiger partial charge on any atom is 0.193 e. The van der Waals surface area contributed by atoms with Gasteiger partial charge in [0.15, 0.2) is 5.96 Å². The van der Waals surface area contributed by atoms with Crippen molar-refractivity contribution in [3.8, 4) is 0 Å². The molecule has 1 N–H and O–H groups in total. The van der Waals surface area contributed by atoms with E-state index in [1.165, 1.54) is 6.42 Å². The van der Waals surface area contributed by atoms with Crippen LogP contribution in [0.2, 0.25) is 0 Å². The first-order chi connectivity index (χ1) is 11.7. The van der Waals surface area contributed by atoms with E-state index < -0.39 is 0 Å². The predicted molar refractivity (Wildman–Crippen MR) is 101 cm³/mol. The molecule has 2 atom stereocenters. The Morgan fingerprint density at radius 1 is 1.25 bits per heavy atom. The van der Waals surface area contributed by atoms with Crippen molar-refractivity contribution in [3.63, 3.8) is 0 Å². The first kappa shape index (κ1) is 19.5. The van der Waals surface area contributed by atoms with Gasteiger partial charge in [-0.2, -0.15) is 0 Å². The Morgan fingerprint density at radius 2 is 1.96 bits per heavy atom. The molecule has 0 aromatic rings. The molecule has 2 fully saturated rings. The highest BCUT2D eigenvalue weighted by Gasteiger charge is 2.28. The van der Waals surface area contributed by atoms with Crippen LogP contribution >= 0.6 is 0 Å². The lowest BCUT2D eigenvalue weighted by molar-refractivity contribution is 0.0320. The van der Waals surface area contributed by atoms with Gasteiger partial charge in [-0.3, -0.25) is 14.8 Å². The number of morpholine rings is 1. The Labute approximate surface area is 148 Å². The third-order valence-electron chi connectivity index (χ3n) is 5.29. The van der Waals surface area contributed by atoms with Crippen LogP contribution < -0.4 is 5.32 Å². The van der Waals surface area contributed by atoms with Gasteiger partial charge >= 0.3 is 0 Å². The summed E-state index contributed by atoms with van der Waals surface area (Å²) in [5.74, 6) is 1.68. The van der Waals surface area contributed by atoms with Crippen molar-refractivity contribution in [2.24, 2.45) is 10.9 Å². The Balaban J connectivity index is 1.74. The van der Waals surface area contributed by atoms with Crippen LogP contribution in [-0.2, 0) is 4.74 Å². The minimum atomic E-state index is 0.612. The molecule has 2 aliphatic rings. The summed E-state index contributed by atoms with van der Waals surface area (Å²) in [6, 6.07) is 0.671. The molecule has 2 saturated heterocycles. The third-order valence-corrected chi connectivity index (χ3v) is 5.29. The number of hydrogen-bond acceptors (Lipinski definition) is 4. The summed E-state index contributed by atoms with van der Waals surface area (Å²) < 4.78 is 5.43. The Bertz CT molecular complexity index is 380. The zero-order valence-corrected chi connectivity index (χ0v) is 16.1. The maximum absolute atomic E-state index is 5.43. The van der Waals surface area contributed by atoms with Gasteiger partial charge in [0.2, 0.25) is 0 Å². The van der Waals surface area contributed by atoms with Gasteiger partial charge in [-0.15, -0.1) is 0 Å². The highest BCUT2D eigenvalue weighted by atomic mass is 16.5. The molecule has 2 unspecified atom stereocenters. The molecule has 0 amide bonds. The molecule has 0 radical (unpaired) electrons. The molecule has 2 aliphatic heterocycles. The molecule has 2 heterocycles. The van der Waals surface area contributed by atoms with Crippen LogP contribution in [0.1, 0.15) is 27.2 Å². The molecule has 140 valence electrons. The number of likely N-dealkylation sites (tertiary alicyclic amines) is 1. The minimum Gasteiger partial charge on any atom is -0.379 e. The van der Waals surface area contributed by atoms with Crippen LogP contribution in [0.4, 0.5) is 0 Å². The van der Waals surface area contributed by atoms with E-state index >= 15 is 0 Å².